The molecule has 3 rings (SSSR count). The lowest BCUT2D eigenvalue weighted by molar-refractivity contribution is 0.217. The molecule has 2 aromatic carbocycles. The maximum Gasteiger partial charge on any atom is 0.315 e. The molecule has 2 amide bonds. The maximum atomic E-state index is 12.0. The monoisotopic (exact) mass is 337 g/mol. The summed E-state index contributed by atoms with van der Waals surface area (Å²) in [6.45, 7) is 1.29. The number of benzene rings is 2. The van der Waals surface area contributed by atoms with Gasteiger partial charge in [-0.1, -0.05) is 48.5 Å². The molecule has 25 heavy (non-hydrogen) atoms. The summed E-state index contributed by atoms with van der Waals surface area (Å²) in [5.74, 6) is 0. The van der Waals surface area contributed by atoms with Crippen LogP contribution in [0.3, 0.4) is 0 Å². The summed E-state index contributed by atoms with van der Waals surface area (Å²) in [6, 6.07) is 19.2. The summed E-state index contributed by atoms with van der Waals surface area (Å²) in [5.41, 5.74) is 2.09. The van der Waals surface area contributed by atoms with E-state index >= 15 is 0 Å². The van der Waals surface area contributed by atoms with Crippen molar-refractivity contribution < 1.29 is 9.90 Å². The molecule has 0 spiro atoms. The van der Waals surface area contributed by atoms with Crippen LogP contribution in [0.25, 0.3) is 10.9 Å². The quantitative estimate of drug-likeness (QED) is 0.580. The number of rotatable bonds is 7. The zero-order chi connectivity index (χ0) is 17.5. The molecule has 1 aromatic heterocycles. The molecular weight excluding hydrogens is 314 g/mol. The molecule has 3 N–H and O–H groups in total. The fourth-order valence-electron chi connectivity index (χ4n) is 2.92. The van der Waals surface area contributed by atoms with Crippen molar-refractivity contribution in [2.24, 2.45) is 0 Å². The van der Waals surface area contributed by atoms with Crippen LogP contribution in [0.2, 0.25) is 0 Å². The second-order valence-corrected chi connectivity index (χ2v) is 5.97. The van der Waals surface area contributed by atoms with Gasteiger partial charge in [0.25, 0.3) is 0 Å². The van der Waals surface area contributed by atoms with Crippen LogP contribution >= 0.6 is 0 Å². The van der Waals surface area contributed by atoms with Crippen LogP contribution < -0.4 is 10.6 Å². The highest BCUT2D eigenvalue weighted by Crippen LogP contribution is 2.15. The zero-order valence-corrected chi connectivity index (χ0v) is 14.1. The largest absolute Gasteiger partial charge is 0.394 e. The summed E-state index contributed by atoms with van der Waals surface area (Å²) in [4.78, 5) is 12.0. The molecule has 0 fully saturated rings. The molecule has 0 aliphatic carbocycles. The van der Waals surface area contributed by atoms with Crippen LogP contribution in [0.15, 0.2) is 66.9 Å². The Hall–Kier alpha value is -2.79. The van der Waals surface area contributed by atoms with Gasteiger partial charge in [0, 0.05) is 24.8 Å². The molecule has 3 aromatic rings. The summed E-state index contributed by atoms with van der Waals surface area (Å²) in [6.07, 6.45) is 2.91. The topological polar surface area (TPSA) is 66.3 Å². The van der Waals surface area contributed by atoms with Gasteiger partial charge in [0.15, 0.2) is 0 Å². The molecule has 1 atom stereocenters. The third kappa shape index (κ3) is 4.39. The first-order valence-corrected chi connectivity index (χ1v) is 8.52. The number of aliphatic hydroxyl groups excluding tert-OH is 1. The lowest BCUT2D eigenvalue weighted by Crippen LogP contribution is -2.39. The molecule has 5 nitrogen and oxygen atoms in total. The molecule has 130 valence electrons. The number of para-hydroxylation sites is 1. The van der Waals surface area contributed by atoms with E-state index in [1.54, 1.807) is 0 Å². The molecule has 0 saturated carbocycles. The average molecular weight is 337 g/mol. The highest BCUT2D eigenvalue weighted by Gasteiger charge is 2.12. The first-order valence-electron chi connectivity index (χ1n) is 8.52. The number of aliphatic hydroxyl groups is 1. The summed E-state index contributed by atoms with van der Waals surface area (Å²) < 4.78 is 2.19. The molecule has 1 unspecified atom stereocenters. The van der Waals surface area contributed by atoms with E-state index in [4.69, 9.17) is 0 Å². The number of urea groups is 1. The smallest absolute Gasteiger partial charge is 0.315 e. The van der Waals surface area contributed by atoms with Crippen LogP contribution in [0.4, 0.5) is 4.79 Å². The molecule has 0 radical (unpaired) electrons. The van der Waals surface area contributed by atoms with Crippen LogP contribution in [0, 0.1) is 0 Å². The third-order valence-corrected chi connectivity index (χ3v) is 4.23. The normalized spacial score (nSPS) is 12.0. The zero-order valence-electron chi connectivity index (χ0n) is 14.1. The minimum absolute atomic E-state index is 0.132. The predicted octanol–water partition coefficient (Wildman–Crippen LogP) is 3.06. The molecule has 5 heteroatoms. The lowest BCUT2D eigenvalue weighted by Gasteiger charge is -2.17. The predicted molar refractivity (Wildman–Crippen MR) is 99.4 cm³/mol. The van der Waals surface area contributed by atoms with Gasteiger partial charge in [-0.25, -0.2) is 4.79 Å². The molecular formula is C20H23N3O2. The van der Waals surface area contributed by atoms with Crippen molar-refractivity contribution in [3.8, 4) is 0 Å². The fraction of sp³-hybridized carbons (Fsp3) is 0.250. The second-order valence-electron chi connectivity index (χ2n) is 5.97. The van der Waals surface area contributed by atoms with E-state index in [0.717, 1.165) is 18.5 Å². The van der Waals surface area contributed by atoms with Crippen molar-refractivity contribution in [2.75, 3.05) is 13.2 Å². The number of hydrogen-bond acceptors (Lipinski definition) is 2. The van der Waals surface area contributed by atoms with Crippen molar-refractivity contribution in [3.63, 3.8) is 0 Å². The van der Waals surface area contributed by atoms with E-state index in [9.17, 15) is 9.90 Å². The van der Waals surface area contributed by atoms with Gasteiger partial charge in [-0.3, -0.25) is 0 Å². The minimum Gasteiger partial charge on any atom is -0.394 e. The number of carbonyl (C=O) groups excluding carboxylic acids is 1. The second kappa shape index (κ2) is 8.35. The number of fused-ring (bicyclic) bond motifs is 1. The van der Waals surface area contributed by atoms with Crippen LogP contribution in [0.5, 0.6) is 0 Å². The van der Waals surface area contributed by atoms with E-state index < -0.39 is 6.04 Å². The van der Waals surface area contributed by atoms with E-state index in [0.29, 0.717) is 6.54 Å². The summed E-state index contributed by atoms with van der Waals surface area (Å²) in [5, 5.41) is 16.4. The number of aryl methyl sites for hydroxylation is 1. The molecule has 0 bridgehead atoms. The number of carbonyl (C=O) groups is 1. The van der Waals surface area contributed by atoms with Gasteiger partial charge in [0.05, 0.1) is 12.6 Å². The van der Waals surface area contributed by atoms with Crippen molar-refractivity contribution >= 4 is 16.9 Å². The van der Waals surface area contributed by atoms with Crippen LogP contribution in [0.1, 0.15) is 18.0 Å². The van der Waals surface area contributed by atoms with Crippen molar-refractivity contribution in [3.05, 3.63) is 72.4 Å². The van der Waals surface area contributed by atoms with E-state index in [-0.39, 0.29) is 12.6 Å². The highest BCUT2D eigenvalue weighted by atomic mass is 16.3. The Kier molecular flexibility index (Phi) is 5.69. The Morgan fingerprint density at radius 2 is 1.80 bits per heavy atom. The Morgan fingerprint density at radius 3 is 2.60 bits per heavy atom. The van der Waals surface area contributed by atoms with Gasteiger partial charge in [0.1, 0.15) is 0 Å². The SMILES string of the molecule is O=C(NCCCn1ccc2ccccc21)NC(CO)c1ccccc1. The van der Waals surface area contributed by atoms with Crippen molar-refractivity contribution in [1.29, 1.82) is 0 Å². The van der Waals surface area contributed by atoms with Crippen molar-refractivity contribution in [2.45, 2.75) is 19.0 Å². The Morgan fingerprint density at radius 1 is 1.04 bits per heavy atom. The number of amides is 2. The van der Waals surface area contributed by atoms with Gasteiger partial charge in [0.2, 0.25) is 0 Å². The average Bonchev–Trinajstić information content (AvgIpc) is 3.07. The first-order chi connectivity index (χ1) is 12.3. The standard InChI is InChI=1S/C20H23N3O2/c24-15-18(16-7-2-1-3-8-16)22-20(25)21-12-6-13-23-14-11-17-9-4-5-10-19(17)23/h1-5,7-11,14,18,24H,6,12-13,15H2,(H2,21,22,25). The van der Waals surface area contributed by atoms with Gasteiger partial charge in [-0.2, -0.15) is 0 Å². The number of hydrogen-bond donors (Lipinski definition) is 3. The Balaban J connectivity index is 1.45. The Labute approximate surface area is 147 Å². The van der Waals surface area contributed by atoms with Gasteiger partial charge in [-0.15, -0.1) is 0 Å². The lowest BCUT2D eigenvalue weighted by atomic mass is 10.1. The molecule has 1 heterocycles. The Bertz CT molecular complexity index is 814. The number of nitrogens with zero attached hydrogens (tertiary/aromatic N) is 1. The van der Waals surface area contributed by atoms with E-state index in [1.807, 2.05) is 42.5 Å². The van der Waals surface area contributed by atoms with E-state index in [2.05, 4.69) is 39.6 Å². The van der Waals surface area contributed by atoms with Crippen molar-refractivity contribution in [1.82, 2.24) is 15.2 Å². The molecule has 0 aliphatic heterocycles. The molecule has 0 saturated heterocycles. The van der Waals surface area contributed by atoms with Gasteiger partial charge >= 0.3 is 6.03 Å². The first kappa shape index (κ1) is 17.0. The molecule has 0 aliphatic rings. The van der Waals surface area contributed by atoms with Crippen LogP contribution in [-0.2, 0) is 6.54 Å². The van der Waals surface area contributed by atoms with Gasteiger partial charge < -0.3 is 20.3 Å². The number of nitrogens with one attached hydrogen (secondary N) is 2. The van der Waals surface area contributed by atoms with E-state index in [1.165, 1.54) is 10.9 Å². The summed E-state index contributed by atoms with van der Waals surface area (Å²) >= 11 is 0. The minimum atomic E-state index is -0.394. The van der Waals surface area contributed by atoms with Gasteiger partial charge in [-0.05, 0) is 29.5 Å². The fourth-order valence-corrected chi connectivity index (χ4v) is 2.92. The number of aromatic nitrogens is 1. The van der Waals surface area contributed by atoms with Crippen LogP contribution in [-0.4, -0.2) is 28.9 Å². The third-order valence-electron chi connectivity index (χ3n) is 4.23. The summed E-state index contributed by atoms with van der Waals surface area (Å²) in [7, 11) is 0. The maximum absolute atomic E-state index is 12.0. The highest BCUT2D eigenvalue weighted by molar-refractivity contribution is 5.79.